The molecule has 0 saturated heterocycles. The number of hydrogen-bond donors (Lipinski definition) is 2. The Morgan fingerprint density at radius 2 is 2.09 bits per heavy atom. The van der Waals surface area contributed by atoms with Gasteiger partial charge in [0.15, 0.2) is 0 Å². The maximum atomic E-state index is 12.0. The van der Waals surface area contributed by atoms with Gasteiger partial charge in [-0.2, -0.15) is 0 Å². The third-order valence-electron chi connectivity index (χ3n) is 3.67. The summed E-state index contributed by atoms with van der Waals surface area (Å²) in [4.78, 5) is 12.0. The van der Waals surface area contributed by atoms with E-state index in [1.807, 2.05) is 18.2 Å². The number of nitrogens with one attached hydrogen (secondary N) is 2. The first-order chi connectivity index (χ1) is 10.7. The van der Waals surface area contributed by atoms with E-state index in [-0.39, 0.29) is 11.9 Å². The SMILES string of the molecule is O=C(NCC1CCOc2ccccc21)Nc1cccc(Cl)c1. The molecule has 1 aliphatic rings. The van der Waals surface area contributed by atoms with Crippen LogP contribution in [0.1, 0.15) is 17.9 Å². The summed E-state index contributed by atoms with van der Waals surface area (Å²) in [5, 5.41) is 6.29. The Morgan fingerprint density at radius 1 is 1.23 bits per heavy atom. The molecule has 0 aromatic heterocycles. The van der Waals surface area contributed by atoms with E-state index < -0.39 is 0 Å². The van der Waals surface area contributed by atoms with Crippen LogP contribution in [-0.4, -0.2) is 19.2 Å². The fourth-order valence-corrected chi connectivity index (χ4v) is 2.78. The number of rotatable bonds is 3. The zero-order chi connectivity index (χ0) is 15.4. The molecule has 1 unspecified atom stereocenters. The lowest BCUT2D eigenvalue weighted by Gasteiger charge is -2.26. The number of anilines is 1. The summed E-state index contributed by atoms with van der Waals surface area (Å²) in [6.07, 6.45) is 0.897. The van der Waals surface area contributed by atoms with Gasteiger partial charge in [-0.25, -0.2) is 4.79 Å². The molecule has 3 rings (SSSR count). The summed E-state index contributed by atoms with van der Waals surface area (Å²) >= 11 is 5.90. The molecule has 2 aromatic carbocycles. The molecule has 0 fully saturated rings. The highest BCUT2D eigenvalue weighted by Crippen LogP contribution is 2.32. The Hall–Kier alpha value is -2.20. The average molecular weight is 317 g/mol. The van der Waals surface area contributed by atoms with Gasteiger partial charge in [-0.15, -0.1) is 0 Å². The minimum atomic E-state index is -0.230. The van der Waals surface area contributed by atoms with E-state index in [0.29, 0.717) is 23.9 Å². The molecule has 2 amide bonds. The minimum Gasteiger partial charge on any atom is -0.493 e. The second-order valence-corrected chi connectivity index (χ2v) is 5.65. The zero-order valence-electron chi connectivity index (χ0n) is 12.0. The van der Waals surface area contributed by atoms with Gasteiger partial charge < -0.3 is 15.4 Å². The predicted octanol–water partition coefficient (Wildman–Crippen LogP) is 4.03. The van der Waals surface area contributed by atoms with Crippen LogP contribution >= 0.6 is 11.6 Å². The first kappa shape index (κ1) is 14.7. The molecule has 1 aliphatic heterocycles. The Morgan fingerprint density at radius 3 is 2.95 bits per heavy atom. The quantitative estimate of drug-likeness (QED) is 0.898. The molecule has 0 saturated carbocycles. The summed E-state index contributed by atoms with van der Waals surface area (Å²) in [6, 6.07) is 14.8. The van der Waals surface area contributed by atoms with Gasteiger partial charge >= 0.3 is 6.03 Å². The molecule has 1 heterocycles. The minimum absolute atomic E-state index is 0.230. The Kier molecular flexibility index (Phi) is 4.49. The van der Waals surface area contributed by atoms with Gasteiger partial charge in [0.2, 0.25) is 0 Å². The van der Waals surface area contributed by atoms with Crippen molar-refractivity contribution >= 4 is 23.3 Å². The van der Waals surface area contributed by atoms with Crippen LogP contribution in [0.4, 0.5) is 10.5 Å². The highest BCUT2D eigenvalue weighted by atomic mass is 35.5. The van der Waals surface area contributed by atoms with Crippen LogP contribution in [0.25, 0.3) is 0 Å². The predicted molar refractivity (Wildman–Crippen MR) is 87.8 cm³/mol. The van der Waals surface area contributed by atoms with Crippen LogP contribution in [-0.2, 0) is 0 Å². The van der Waals surface area contributed by atoms with Crippen LogP contribution in [0.2, 0.25) is 5.02 Å². The monoisotopic (exact) mass is 316 g/mol. The highest BCUT2D eigenvalue weighted by Gasteiger charge is 2.21. The van der Waals surface area contributed by atoms with E-state index in [2.05, 4.69) is 16.7 Å². The molecule has 5 heteroatoms. The van der Waals surface area contributed by atoms with Crippen LogP contribution in [0, 0.1) is 0 Å². The Labute approximate surface area is 134 Å². The number of ether oxygens (including phenoxy) is 1. The molecular weight excluding hydrogens is 300 g/mol. The van der Waals surface area contributed by atoms with Crippen molar-refractivity contribution in [3.8, 4) is 5.75 Å². The molecule has 22 heavy (non-hydrogen) atoms. The maximum Gasteiger partial charge on any atom is 0.319 e. The van der Waals surface area contributed by atoms with Crippen molar-refractivity contribution in [2.24, 2.45) is 0 Å². The van der Waals surface area contributed by atoms with E-state index in [0.717, 1.165) is 17.7 Å². The number of amides is 2. The zero-order valence-corrected chi connectivity index (χ0v) is 12.8. The standard InChI is InChI=1S/C17H17ClN2O2/c18-13-4-3-5-14(10-13)20-17(21)19-11-12-8-9-22-16-7-2-1-6-15(12)16/h1-7,10,12H,8-9,11H2,(H2,19,20,21). The lowest BCUT2D eigenvalue weighted by Crippen LogP contribution is -2.33. The molecule has 0 aliphatic carbocycles. The molecule has 0 spiro atoms. The fraction of sp³-hybridized carbons (Fsp3) is 0.235. The van der Waals surface area contributed by atoms with Crippen LogP contribution < -0.4 is 15.4 Å². The number of benzene rings is 2. The van der Waals surface area contributed by atoms with Crippen molar-refractivity contribution in [1.82, 2.24) is 5.32 Å². The number of halogens is 1. The van der Waals surface area contributed by atoms with E-state index in [1.54, 1.807) is 24.3 Å². The molecular formula is C17H17ClN2O2. The normalized spacial score (nSPS) is 16.3. The van der Waals surface area contributed by atoms with Crippen LogP contribution in [0.5, 0.6) is 5.75 Å². The molecule has 4 nitrogen and oxygen atoms in total. The van der Waals surface area contributed by atoms with E-state index in [4.69, 9.17) is 16.3 Å². The molecule has 0 radical (unpaired) electrons. The van der Waals surface area contributed by atoms with Gasteiger partial charge in [0.05, 0.1) is 6.61 Å². The highest BCUT2D eigenvalue weighted by molar-refractivity contribution is 6.30. The van der Waals surface area contributed by atoms with Gasteiger partial charge in [-0.05, 0) is 36.2 Å². The molecule has 114 valence electrons. The van der Waals surface area contributed by atoms with Gasteiger partial charge in [0.25, 0.3) is 0 Å². The van der Waals surface area contributed by atoms with Crippen molar-refractivity contribution in [1.29, 1.82) is 0 Å². The van der Waals surface area contributed by atoms with Crippen molar-refractivity contribution in [2.75, 3.05) is 18.5 Å². The van der Waals surface area contributed by atoms with E-state index in [1.165, 1.54) is 0 Å². The summed E-state index contributed by atoms with van der Waals surface area (Å²) in [7, 11) is 0. The maximum absolute atomic E-state index is 12.0. The fourth-order valence-electron chi connectivity index (χ4n) is 2.59. The van der Waals surface area contributed by atoms with Crippen molar-refractivity contribution in [3.05, 3.63) is 59.1 Å². The number of fused-ring (bicyclic) bond motifs is 1. The third-order valence-corrected chi connectivity index (χ3v) is 3.91. The van der Waals surface area contributed by atoms with Crippen molar-refractivity contribution in [2.45, 2.75) is 12.3 Å². The molecule has 0 bridgehead atoms. The Balaban J connectivity index is 1.58. The number of carbonyl (C=O) groups is 1. The number of hydrogen-bond acceptors (Lipinski definition) is 2. The van der Waals surface area contributed by atoms with Gasteiger partial charge in [0, 0.05) is 23.2 Å². The van der Waals surface area contributed by atoms with Crippen LogP contribution in [0.3, 0.4) is 0 Å². The number of para-hydroxylation sites is 1. The molecule has 1 atom stereocenters. The molecule has 2 N–H and O–H groups in total. The molecule has 2 aromatic rings. The lowest BCUT2D eigenvalue weighted by atomic mass is 9.93. The number of urea groups is 1. The summed E-state index contributed by atoms with van der Waals surface area (Å²) in [5.74, 6) is 1.19. The van der Waals surface area contributed by atoms with Crippen LogP contribution in [0.15, 0.2) is 48.5 Å². The van der Waals surface area contributed by atoms with Crippen molar-refractivity contribution in [3.63, 3.8) is 0 Å². The van der Waals surface area contributed by atoms with Gasteiger partial charge in [-0.3, -0.25) is 0 Å². The second kappa shape index (κ2) is 6.71. The first-order valence-corrected chi connectivity index (χ1v) is 7.62. The van der Waals surface area contributed by atoms with Gasteiger partial charge in [-0.1, -0.05) is 35.9 Å². The topological polar surface area (TPSA) is 50.4 Å². The Bertz CT molecular complexity index is 675. The van der Waals surface area contributed by atoms with E-state index >= 15 is 0 Å². The summed E-state index contributed by atoms with van der Waals surface area (Å²) < 4.78 is 5.63. The van der Waals surface area contributed by atoms with Crippen molar-refractivity contribution < 1.29 is 9.53 Å². The largest absolute Gasteiger partial charge is 0.493 e. The average Bonchev–Trinajstić information content (AvgIpc) is 2.53. The van der Waals surface area contributed by atoms with Gasteiger partial charge in [0.1, 0.15) is 5.75 Å². The first-order valence-electron chi connectivity index (χ1n) is 7.24. The van der Waals surface area contributed by atoms with E-state index in [9.17, 15) is 4.79 Å². The lowest BCUT2D eigenvalue weighted by molar-refractivity contribution is 0.245. The summed E-state index contributed by atoms with van der Waals surface area (Å²) in [6.45, 7) is 1.26. The number of carbonyl (C=O) groups excluding carboxylic acids is 1. The summed E-state index contributed by atoms with van der Waals surface area (Å²) in [5.41, 5.74) is 1.83. The third kappa shape index (κ3) is 3.52. The smallest absolute Gasteiger partial charge is 0.319 e. The second-order valence-electron chi connectivity index (χ2n) is 5.22.